The minimum atomic E-state index is 0.580. The molecule has 0 fully saturated rings. The minimum Gasteiger partial charge on any atom is -0.453 e. The number of hydrogen-bond donors (Lipinski definition) is 0. The van der Waals surface area contributed by atoms with E-state index in [4.69, 9.17) is 39.4 Å². The molecular formula is C40H28N8O2. The summed E-state index contributed by atoms with van der Waals surface area (Å²) in [5.74, 6) is 4.26. The monoisotopic (exact) mass is 652 g/mol. The minimum absolute atomic E-state index is 0.580. The first-order valence-electron chi connectivity index (χ1n) is 16.4. The molecule has 10 nitrogen and oxygen atoms in total. The molecule has 0 saturated heterocycles. The zero-order valence-corrected chi connectivity index (χ0v) is 27.6. The lowest BCUT2D eigenvalue weighted by atomic mass is 10.1. The van der Waals surface area contributed by atoms with Crippen molar-refractivity contribution < 1.29 is 9.47 Å². The van der Waals surface area contributed by atoms with E-state index >= 15 is 0 Å². The lowest BCUT2D eigenvalue weighted by molar-refractivity contribution is 0.475. The van der Waals surface area contributed by atoms with E-state index in [1.165, 1.54) is 0 Å². The topological polar surface area (TPSA) is 102 Å². The van der Waals surface area contributed by atoms with Crippen LogP contribution < -0.4 is 19.3 Å². The molecule has 0 bridgehead atoms. The summed E-state index contributed by atoms with van der Waals surface area (Å²) in [5.41, 5.74) is 11.4. The first-order valence-corrected chi connectivity index (χ1v) is 16.4. The van der Waals surface area contributed by atoms with Crippen molar-refractivity contribution >= 4 is 67.5 Å². The number of nitrogens with zero attached hydrogens (tertiary/aromatic N) is 8. The van der Waals surface area contributed by atoms with Crippen LogP contribution in [-0.4, -0.2) is 29.9 Å². The maximum absolute atomic E-state index is 6.40. The Hall–Kier alpha value is -6.68. The number of ether oxygens (including phenoxy) is 2. The second-order valence-corrected chi connectivity index (χ2v) is 12.7. The van der Waals surface area contributed by atoms with Crippen LogP contribution in [-0.2, 0) is 0 Å². The van der Waals surface area contributed by atoms with Crippen molar-refractivity contribution in [2.45, 2.75) is 27.7 Å². The molecule has 3 aromatic heterocycles. The number of aromatic nitrogens is 6. The molecule has 0 atom stereocenters. The van der Waals surface area contributed by atoms with Gasteiger partial charge in [0.15, 0.2) is 34.6 Å². The Morgan fingerprint density at radius 1 is 0.400 bits per heavy atom. The van der Waals surface area contributed by atoms with E-state index in [2.05, 4.69) is 61.8 Å². The summed E-state index contributed by atoms with van der Waals surface area (Å²) in [6.07, 6.45) is 6.92. The largest absolute Gasteiger partial charge is 0.453 e. The smallest absolute Gasteiger partial charge is 0.157 e. The van der Waals surface area contributed by atoms with E-state index in [9.17, 15) is 0 Å². The first-order chi connectivity index (χ1) is 24.5. The molecule has 10 rings (SSSR count). The summed E-state index contributed by atoms with van der Waals surface area (Å²) in [4.78, 5) is 34.5. The Labute approximate surface area is 286 Å². The van der Waals surface area contributed by atoms with Crippen LogP contribution in [0.3, 0.4) is 0 Å². The van der Waals surface area contributed by atoms with Crippen LogP contribution in [0.5, 0.6) is 23.0 Å². The second-order valence-electron chi connectivity index (χ2n) is 12.7. The van der Waals surface area contributed by atoms with Crippen LogP contribution in [0, 0.1) is 27.7 Å². The summed E-state index contributed by atoms with van der Waals surface area (Å²) in [5, 5.41) is 0. The predicted octanol–water partition coefficient (Wildman–Crippen LogP) is 9.90. The Balaban J connectivity index is 1.25. The van der Waals surface area contributed by atoms with Gasteiger partial charge in [0.2, 0.25) is 0 Å². The highest BCUT2D eigenvalue weighted by molar-refractivity contribution is 6.18. The average Bonchev–Trinajstić information content (AvgIpc) is 3.13. The van der Waals surface area contributed by atoms with E-state index in [-0.39, 0.29) is 0 Å². The number of anilines is 6. The van der Waals surface area contributed by atoms with Gasteiger partial charge in [0.05, 0.1) is 35.1 Å². The normalized spacial score (nSPS) is 13.0. The number of para-hydroxylation sites is 4. The predicted molar refractivity (Wildman–Crippen MR) is 194 cm³/mol. The van der Waals surface area contributed by atoms with Gasteiger partial charge in [-0.05, 0) is 74.2 Å². The van der Waals surface area contributed by atoms with Gasteiger partial charge in [0.1, 0.15) is 33.1 Å². The van der Waals surface area contributed by atoms with E-state index in [1.54, 1.807) is 24.8 Å². The molecule has 10 heteroatoms. The molecule has 2 aliphatic heterocycles. The molecule has 0 amide bonds. The summed E-state index contributed by atoms with van der Waals surface area (Å²) in [6.45, 7) is 8.29. The van der Waals surface area contributed by atoms with Crippen LogP contribution >= 0.6 is 0 Å². The highest BCUT2D eigenvalue weighted by Crippen LogP contribution is 2.54. The molecule has 0 N–H and O–H groups in total. The Morgan fingerprint density at radius 2 is 0.720 bits per heavy atom. The maximum atomic E-state index is 6.40. The number of rotatable bonds is 2. The third-order valence-electron chi connectivity index (χ3n) is 9.49. The van der Waals surface area contributed by atoms with Gasteiger partial charge in [-0.3, -0.25) is 19.8 Å². The molecule has 8 aromatic rings. The van der Waals surface area contributed by atoms with Crippen LogP contribution in [0.15, 0.2) is 97.6 Å². The SMILES string of the molecule is Cc1cccc2c1N(c1cnc3c4nccnc4c4nc(N5c6c(C)cccc6Oc6cccc(C)c65)cnc4c3n1)c1c(C)cccc1O2. The third kappa shape index (κ3) is 3.96. The van der Waals surface area contributed by atoms with Crippen molar-refractivity contribution in [1.82, 2.24) is 29.9 Å². The van der Waals surface area contributed by atoms with Gasteiger partial charge in [-0.1, -0.05) is 48.5 Å². The van der Waals surface area contributed by atoms with E-state index in [0.717, 1.165) is 68.0 Å². The van der Waals surface area contributed by atoms with Crippen LogP contribution in [0.25, 0.3) is 33.1 Å². The van der Waals surface area contributed by atoms with Crippen LogP contribution in [0.4, 0.5) is 34.4 Å². The summed E-state index contributed by atoms with van der Waals surface area (Å²) >= 11 is 0. The lowest BCUT2D eigenvalue weighted by Crippen LogP contribution is -2.20. The second kappa shape index (κ2) is 10.4. The average molecular weight is 653 g/mol. The molecule has 0 aliphatic carbocycles. The van der Waals surface area contributed by atoms with Crippen LogP contribution in [0.1, 0.15) is 22.3 Å². The third-order valence-corrected chi connectivity index (χ3v) is 9.49. The number of hydrogen-bond acceptors (Lipinski definition) is 10. The number of fused-ring (bicyclic) bond motifs is 10. The van der Waals surface area contributed by atoms with E-state index < -0.39 is 0 Å². The highest BCUT2D eigenvalue weighted by atomic mass is 16.5. The van der Waals surface area contributed by atoms with Crippen molar-refractivity contribution in [2.75, 3.05) is 9.80 Å². The fourth-order valence-corrected chi connectivity index (χ4v) is 7.26. The zero-order chi connectivity index (χ0) is 33.7. The number of aryl methyl sites for hydroxylation is 4. The van der Waals surface area contributed by atoms with Crippen molar-refractivity contribution in [3.8, 4) is 23.0 Å². The fraction of sp³-hybridized carbons (Fsp3) is 0.100. The first kappa shape index (κ1) is 28.3. The lowest BCUT2D eigenvalue weighted by Gasteiger charge is -2.34. The molecule has 0 spiro atoms. The quantitative estimate of drug-likeness (QED) is 0.168. The maximum Gasteiger partial charge on any atom is 0.157 e. The van der Waals surface area contributed by atoms with Gasteiger partial charge in [0, 0.05) is 12.4 Å². The molecule has 0 radical (unpaired) electrons. The van der Waals surface area contributed by atoms with Crippen molar-refractivity contribution in [2.24, 2.45) is 0 Å². The van der Waals surface area contributed by atoms with Gasteiger partial charge >= 0.3 is 0 Å². The Morgan fingerprint density at radius 3 is 1.10 bits per heavy atom. The van der Waals surface area contributed by atoms with Gasteiger partial charge in [-0.15, -0.1) is 0 Å². The number of benzene rings is 5. The fourth-order valence-electron chi connectivity index (χ4n) is 7.26. The highest BCUT2D eigenvalue weighted by Gasteiger charge is 2.32. The zero-order valence-electron chi connectivity index (χ0n) is 27.6. The van der Waals surface area contributed by atoms with Gasteiger partial charge in [-0.25, -0.2) is 19.9 Å². The molecule has 0 saturated carbocycles. The molecule has 240 valence electrons. The molecular weight excluding hydrogens is 624 g/mol. The van der Waals surface area contributed by atoms with Gasteiger partial charge in [0.25, 0.3) is 0 Å². The summed E-state index contributed by atoms with van der Waals surface area (Å²) in [6, 6.07) is 24.2. The standard InChI is InChI=1S/C40H28N8O2/c1-21-9-5-13-25-37(21)47(38-22(2)10-6-14-26(38)49-25)29-19-43-33-31-32(42-18-17-41-31)35-34(36(33)46-29)44-20-30(45-35)48-39-23(3)11-7-15-27(39)50-28-16-8-12-24(4)40(28)48/h5-20H,1-4H3. The molecule has 0 unspecified atom stereocenters. The Kier molecular flexibility index (Phi) is 5.90. The summed E-state index contributed by atoms with van der Waals surface area (Å²) in [7, 11) is 0. The Bertz CT molecular complexity index is 2500. The van der Waals surface area contributed by atoms with E-state index in [1.807, 2.05) is 48.5 Å². The summed E-state index contributed by atoms with van der Waals surface area (Å²) < 4.78 is 12.8. The van der Waals surface area contributed by atoms with Crippen LogP contribution in [0.2, 0.25) is 0 Å². The molecule has 5 aromatic carbocycles. The molecule has 5 heterocycles. The van der Waals surface area contributed by atoms with Crippen molar-refractivity contribution in [3.63, 3.8) is 0 Å². The van der Waals surface area contributed by atoms with Gasteiger partial charge < -0.3 is 9.47 Å². The van der Waals surface area contributed by atoms with Crippen molar-refractivity contribution in [3.05, 3.63) is 120 Å². The molecule has 2 aliphatic rings. The van der Waals surface area contributed by atoms with E-state index in [0.29, 0.717) is 44.7 Å². The van der Waals surface area contributed by atoms with Crippen molar-refractivity contribution in [1.29, 1.82) is 0 Å². The molecule has 50 heavy (non-hydrogen) atoms. The van der Waals surface area contributed by atoms with Gasteiger partial charge in [-0.2, -0.15) is 0 Å².